The van der Waals surface area contributed by atoms with E-state index in [-0.39, 0.29) is 0 Å². The second kappa shape index (κ2) is 5.28. The summed E-state index contributed by atoms with van der Waals surface area (Å²) in [6.07, 6.45) is 0. The van der Waals surface area contributed by atoms with Gasteiger partial charge in [-0.05, 0) is 26.8 Å². The van der Waals surface area contributed by atoms with Crippen LogP contribution in [0.1, 0.15) is 27.7 Å². The van der Waals surface area contributed by atoms with E-state index in [0.29, 0.717) is 24.0 Å². The second-order valence-corrected chi connectivity index (χ2v) is 5.49. The van der Waals surface area contributed by atoms with Crippen molar-refractivity contribution in [2.24, 2.45) is 11.7 Å². The predicted octanol–water partition coefficient (Wildman–Crippen LogP) is 0.994. The number of nitrogens with two attached hydrogens (primary N) is 1. The average Bonchev–Trinajstić information content (AvgIpc) is 2.13. The molecular formula is C12H27N3. The van der Waals surface area contributed by atoms with Crippen LogP contribution in [0.15, 0.2) is 0 Å². The van der Waals surface area contributed by atoms with Gasteiger partial charge in [0.25, 0.3) is 0 Å². The number of hydrogen-bond donors (Lipinski definition) is 1. The predicted molar refractivity (Wildman–Crippen MR) is 65.9 cm³/mol. The lowest BCUT2D eigenvalue weighted by Crippen LogP contribution is -2.57. The van der Waals surface area contributed by atoms with Crippen LogP contribution in [0.25, 0.3) is 0 Å². The largest absolute Gasteiger partial charge is 0.326 e. The van der Waals surface area contributed by atoms with Crippen molar-refractivity contribution in [1.29, 1.82) is 0 Å². The summed E-state index contributed by atoms with van der Waals surface area (Å²) >= 11 is 0. The summed E-state index contributed by atoms with van der Waals surface area (Å²) in [6.45, 7) is 12.3. The average molecular weight is 213 g/mol. The molecule has 1 aliphatic heterocycles. The van der Waals surface area contributed by atoms with Crippen molar-refractivity contribution >= 4 is 0 Å². The van der Waals surface area contributed by atoms with Crippen LogP contribution in [0.3, 0.4) is 0 Å². The van der Waals surface area contributed by atoms with Crippen LogP contribution in [-0.4, -0.2) is 54.6 Å². The van der Waals surface area contributed by atoms with Gasteiger partial charge in [0, 0.05) is 37.8 Å². The van der Waals surface area contributed by atoms with Gasteiger partial charge in [0.1, 0.15) is 0 Å². The fraction of sp³-hybridized carbons (Fsp3) is 1.00. The fourth-order valence-electron chi connectivity index (χ4n) is 2.17. The summed E-state index contributed by atoms with van der Waals surface area (Å²) in [6, 6.07) is 1.61. The van der Waals surface area contributed by atoms with E-state index in [0.717, 1.165) is 19.6 Å². The van der Waals surface area contributed by atoms with Crippen LogP contribution >= 0.6 is 0 Å². The molecule has 2 N–H and O–H groups in total. The van der Waals surface area contributed by atoms with E-state index >= 15 is 0 Å². The van der Waals surface area contributed by atoms with Crippen LogP contribution in [0, 0.1) is 5.92 Å². The summed E-state index contributed by atoms with van der Waals surface area (Å²) in [7, 11) is 2.22. The highest BCUT2D eigenvalue weighted by Crippen LogP contribution is 2.14. The van der Waals surface area contributed by atoms with Crippen molar-refractivity contribution in [3.8, 4) is 0 Å². The molecule has 0 aromatic heterocycles. The first-order chi connectivity index (χ1) is 6.91. The first-order valence-electron chi connectivity index (χ1n) is 6.11. The molecule has 1 fully saturated rings. The molecular weight excluding hydrogens is 186 g/mol. The molecule has 3 heteroatoms. The second-order valence-electron chi connectivity index (χ2n) is 5.49. The number of likely N-dealkylation sites (N-methyl/N-ethyl adjacent to an activating group) is 1. The molecule has 15 heavy (non-hydrogen) atoms. The van der Waals surface area contributed by atoms with E-state index in [1.165, 1.54) is 0 Å². The first kappa shape index (κ1) is 12.9. The number of piperazine rings is 1. The minimum atomic E-state index is 0.313. The van der Waals surface area contributed by atoms with Crippen LogP contribution < -0.4 is 5.73 Å². The van der Waals surface area contributed by atoms with Gasteiger partial charge in [-0.2, -0.15) is 0 Å². The van der Waals surface area contributed by atoms with Crippen molar-refractivity contribution in [3.05, 3.63) is 0 Å². The van der Waals surface area contributed by atoms with Crippen LogP contribution in [0.5, 0.6) is 0 Å². The van der Waals surface area contributed by atoms with Gasteiger partial charge in [0.2, 0.25) is 0 Å². The first-order valence-corrected chi connectivity index (χ1v) is 6.11. The molecule has 1 rings (SSSR count). The lowest BCUT2D eigenvalue weighted by Gasteiger charge is -2.43. The minimum Gasteiger partial charge on any atom is -0.326 e. The Bertz CT molecular complexity index is 181. The van der Waals surface area contributed by atoms with Gasteiger partial charge in [0.05, 0.1) is 0 Å². The standard InChI is InChI=1S/C12H27N3/c1-9(2)12(13)8-15-6-10(3)14(5)11(4)7-15/h9-12H,6-8,13H2,1-5H3. The molecule has 1 heterocycles. The van der Waals surface area contributed by atoms with E-state index in [1.807, 2.05) is 0 Å². The molecule has 0 aliphatic carbocycles. The van der Waals surface area contributed by atoms with Gasteiger partial charge in [0.15, 0.2) is 0 Å². The zero-order valence-electron chi connectivity index (χ0n) is 10.9. The van der Waals surface area contributed by atoms with E-state index in [2.05, 4.69) is 44.5 Å². The Morgan fingerprint density at radius 1 is 1.20 bits per heavy atom. The molecule has 0 spiro atoms. The molecule has 90 valence electrons. The maximum Gasteiger partial charge on any atom is 0.0195 e. The van der Waals surface area contributed by atoms with E-state index in [1.54, 1.807) is 0 Å². The Morgan fingerprint density at radius 2 is 1.67 bits per heavy atom. The topological polar surface area (TPSA) is 32.5 Å². The fourth-order valence-corrected chi connectivity index (χ4v) is 2.17. The van der Waals surface area contributed by atoms with E-state index < -0.39 is 0 Å². The van der Waals surface area contributed by atoms with Crippen LogP contribution in [0.4, 0.5) is 0 Å². The summed E-state index contributed by atoms with van der Waals surface area (Å²) in [5.41, 5.74) is 6.12. The zero-order valence-corrected chi connectivity index (χ0v) is 10.9. The van der Waals surface area contributed by atoms with Gasteiger partial charge in [-0.3, -0.25) is 9.80 Å². The Balaban J connectivity index is 2.44. The van der Waals surface area contributed by atoms with Crippen molar-refractivity contribution in [3.63, 3.8) is 0 Å². The lowest BCUT2D eigenvalue weighted by molar-refractivity contribution is 0.0540. The summed E-state index contributed by atoms with van der Waals surface area (Å²) in [5, 5.41) is 0. The van der Waals surface area contributed by atoms with Crippen molar-refractivity contribution in [2.75, 3.05) is 26.7 Å². The minimum absolute atomic E-state index is 0.313. The van der Waals surface area contributed by atoms with Gasteiger partial charge < -0.3 is 5.73 Å². The normalized spacial score (nSPS) is 32.2. The molecule has 0 aromatic carbocycles. The highest BCUT2D eigenvalue weighted by Gasteiger charge is 2.27. The molecule has 3 atom stereocenters. The summed E-state index contributed by atoms with van der Waals surface area (Å²) < 4.78 is 0. The highest BCUT2D eigenvalue weighted by atomic mass is 15.3. The van der Waals surface area contributed by atoms with Gasteiger partial charge in [-0.1, -0.05) is 13.8 Å². The van der Waals surface area contributed by atoms with E-state index in [9.17, 15) is 0 Å². The van der Waals surface area contributed by atoms with Gasteiger partial charge >= 0.3 is 0 Å². The summed E-state index contributed by atoms with van der Waals surface area (Å²) in [4.78, 5) is 4.97. The molecule has 0 radical (unpaired) electrons. The number of rotatable bonds is 3. The molecule has 0 saturated carbocycles. The SMILES string of the molecule is CC(C)C(N)CN1CC(C)N(C)C(C)C1. The van der Waals surface area contributed by atoms with E-state index in [4.69, 9.17) is 5.73 Å². The maximum absolute atomic E-state index is 6.12. The van der Waals surface area contributed by atoms with Crippen molar-refractivity contribution in [2.45, 2.75) is 45.8 Å². The van der Waals surface area contributed by atoms with Gasteiger partial charge in [-0.25, -0.2) is 0 Å². The van der Waals surface area contributed by atoms with Crippen LogP contribution in [-0.2, 0) is 0 Å². The monoisotopic (exact) mass is 213 g/mol. The Kier molecular flexibility index (Phi) is 4.56. The lowest BCUT2D eigenvalue weighted by atomic mass is 10.0. The number of nitrogens with zero attached hydrogens (tertiary/aromatic N) is 2. The Labute approximate surface area is 94.6 Å². The van der Waals surface area contributed by atoms with Crippen molar-refractivity contribution in [1.82, 2.24) is 9.80 Å². The molecule has 0 bridgehead atoms. The van der Waals surface area contributed by atoms with Crippen molar-refractivity contribution < 1.29 is 0 Å². The molecule has 0 amide bonds. The highest BCUT2D eigenvalue weighted by molar-refractivity contribution is 4.84. The third kappa shape index (κ3) is 3.44. The molecule has 3 unspecified atom stereocenters. The Hall–Kier alpha value is -0.120. The Morgan fingerprint density at radius 3 is 2.07 bits per heavy atom. The van der Waals surface area contributed by atoms with Crippen LogP contribution in [0.2, 0.25) is 0 Å². The third-order valence-corrected chi connectivity index (χ3v) is 3.76. The smallest absolute Gasteiger partial charge is 0.0195 e. The zero-order chi connectivity index (χ0) is 11.6. The quantitative estimate of drug-likeness (QED) is 0.759. The molecule has 1 saturated heterocycles. The molecule has 1 aliphatic rings. The number of hydrogen-bond acceptors (Lipinski definition) is 3. The maximum atomic E-state index is 6.12. The molecule has 3 nitrogen and oxygen atoms in total. The summed E-state index contributed by atoms with van der Waals surface area (Å²) in [5.74, 6) is 0.579. The third-order valence-electron chi connectivity index (χ3n) is 3.76. The molecule has 0 aromatic rings. The van der Waals surface area contributed by atoms with Gasteiger partial charge in [-0.15, -0.1) is 0 Å².